The van der Waals surface area contributed by atoms with Gasteiger partial charge in [-0.15, -0.1) is 11.5 Å². The second-order valence-electron chi connectivity index (χ2n) is 8.34. The molecule has 1 amide bonds. The minimum absolute atomic E-state index is 0.125. The third kappa shape index (κ3) is 4.54. The van der Waals surface area contributed by atoms with Crippen LogP contribution in [0.15, 0.2) is 48.7 Å². The summed E-state index contributed by atoms with van der Waals surface area (Å²) in [7, 11) is 3.16. The fourth-order valence-electron chi connectivity index (χ4n) is 4.42. The van der Waals surface area contributed by atoms with Gasteiger partial charge in [0.15, 0.2) is 11.5 Å². The number of aromatic nitrogens is 5. The summed E-state index contributed by atoms with van der Waals surface area (Å²) in [5, 5.41) is 16.0. The van der Waals surface area contributed by atoms with Gasteiger partial charge in [0, 0.05) is 23.5 Å². The Kier molecular flexibility index (Phi) is 6.43. The van der Waals surface area contributed by atoms with Crippen LogP contribution in [0.25, 0.3) is 17.2 Å². The molecule has 1 aliphatic rings. The van der Waals surface area contributed by atoms with Crippen LogP contribution in [0, 0.1) is 19.3 Å². The smallest absolute Gasteiger partial charge is 0.272 e. The quantitative estimate of drug-likeness (QED) is 0.387. The summed E-state index contributed by atoms with van der Waals surface area (Å²) in [6.45, 7) is 2.02. The van der Waals surface area contributed by atoms with Gasteiger partial charge in [-0.2, -0.15) is 14.9 Å². The van der Waals surface area contributed by atoms with Gasteiger partial charge in [-0.3, -0.25) is 4.79 Å². The number of hydrogen-bond acceptors (Lipinski definition) is 8. The van der Waals surface area contributed by atoms with Crippen molar-refractivity contribution in [3.05, 3.63) is 65.5 Å². The average Bonchev–Trinajstić information content (AvgIpc) is 3.27. The number of amides is 1. The molecular weight excluding hydrogens is 472 g/mol. The lowest BCUT2D eigenvalue weighted by molar-refractivity contribution is -0.116. The Morgan fingerprint density at radius 1 is 1.16 bits per heavy atom. The van der Waals surface area contributed by atoms with E-state index in [-0.39, 0.29) is 30.8 Å². The van der Waals surface area contributed by atoms with Gasteiger partial charge in [0.2, 0.25) is 5.91 Å². The average molecular weight is 497 g/mol. The third-order valence-corrected chi connectivity index (χ3v) is 6.11. The highest BCUT2D eigenvalue weighted by Gasteiger charge is 2.34. The Balaban J connectivity index is 1.56. The molecule has 0 saturated carbocycles. The number of aryl methyl sites for hydroxylation is 1. The van der Waals surface area contributed by atoms with Gasteiger partial charge in [-0.1, -0.05) is 24.1 Å². The molecule has 0 fully saturated rings. The van der Waals surface area contributed by atoms with E-state index >= 15 is 0 Å². The number of nitrogens with one attached hydrogen (secondary N) is 1. The maximum atomic E-state index is 12.8. The Labute approximate surface area is 213 Å². The number of fused-ring (bicyclic) bond motifs is 1. The zero-order valence-electron chi connectivity index (χ0n) is 20.6. The summed E-state index contributed by atoms with van der Waals surface area (Å²) in [5.74, 6) is 4.54. The molecule has 0 bridgehead atoms. The van der Waals surface area contributed by atoms with Gasteiger partial charge < -0.3 is 19.5 Å². The van der Waals surface area contributed by atoms with Crippen molar-refractivity contribution in [2.24, 2.45) is 0 Å². The minimum Gasteiger partial charge on any atom is -0.497 e. The van der Waals surface area contributed by atoms with E-state index < -0.39 is 0 Å². The van der Waals surface area contributed by atoms with Gasteiger partial charge in [0.25, 0.3) is 5.95 Å². The molecule has 0 spiro atoms. The Hall–Kier alpha value is -4.91. The van der Waals surface area contributed by atoms with E-state index in [4.69, 9.17) is 20.6 Å². The van der Waals surface area contributed by atoms with E-state index in [9.17, 15) is 4.79 Å². The molecule has 0 saturated heterocycles. The standard InChI is InChI=1S/C27H24N6O4/c1-5-11-37-22-10-9-17(13-23(22)36-4)20-14-24(34)30-26-25(20)16(2)32-33(26)27-29-21(15-28-31-27)18-7-6-8-19(12-18)35-3/h1,6-10,12-13,15,20H,11,14H2,2-4H3,(H,30,34). The molecule has 2 aromatic carbocycles. The summed E-state index contributed by atoms with van der Waals surface area (Å²) < 4.78 is 17.9. The molecule has 186 valence electrons. The molecule has 0 aliphatic carbocycles. The van der Waals surface area contributed by atoms with E-state index in [2.05, 4.69) is 31.5 Å². The first-order valence-electron chi connectivity index (χ1n) is 11.5. The number of rotatable bonds is 7. The summed E-state index contributed by atoms with van der Waals surface area (Å²) >= 11 is 0. The highest BCUT2D eigenvalue weighted by Crippen LogP contribution is 2.42. The molecule has 2 aromatic heterocycles. The van der Waals surface area contributed by atoms with Crippen LogP contribution in [0.5, 0.6) is 17.2 Å². The summed E-state index contributed by atoms with van der Waals surface area (Å²) in [6.07, 6.45) is 7.13. The first-order valence-corrected chi connectivity index (χ1v) is 11.5. The molecular formula is C27H24N6O4. The third-order valence-electron chi connectivity index (χ3n) is 6.11. The Bertz CT molecular complexity index is 1520. The molecule has 10 nitrogen and oxygen atoms in total. The highest BCUT2D eigenvalue weighted by atomic mass is 16.5. The summed E-state index contributed by atoms with van der Waals surface area (Å²) in [5.41, 5.74) is 3.90. The maximum absolute atomic E-state index is 12.8. The number of benzene rings is 2. The number of carbonyl (C=O) groups is 1. The Morgan fingerprint density at radius 2 is 2.03 bits per heavy atom. The van der Waals surface area contributed by atoms with Crippen LogP contribution in [0.1, 0.15) is 29.2 Å². The summed E-state index contributed by atoms with van der Waals surface area (Å²) in [4.78, 5) is 17.5. The van der Waals surface area contributed by atoms with Crippen LogP contribution in [0.2, 0.25) is 0 Å². The molecule has 5 rings (SSSR count). The van der Waals surface area contributed by atoms with Crippen molar-refractivity contribution in [1.82, 2.24) is 25.0 Å². The fraction of sp³-hybridized carbons (Fsp3) is 0.222. The van der Waals surface area contributed by atoms with Crippen LogP contribution in [-0.2, 0) is 4.79 Å². The Morgan fingerprint density at radius 3 is 2.81 bits per heavy atom. The molecule has 1 N–H and O–H groups in total. The number of nitrogens with zero attached hydrogens (tertiary/aromatic N) is 5. The predicted octanol–water partition coefficient (Wildman–Crippen LogP) is 3.54. The highest BCUT2D eigenvalue weighted by molar-refractivity contribution is 5.95. The van der Waals surface area contributed by atoms with Gasteiger partial charge in [-0.25, -0.2) is 4.98 Å². The SMILES string of the molecule is C#CCOc1ccc(C2CC(=O)Nc3c2c(C)nn3-c2nncc(-c3cccc(OC)c3)n2)cc1OC. The predicted molar refractivity (Wildman–Crippen MR) is 136 cm³/mol. The van der Waals surface area contributed by atoms with E-state index in [1.165, 1.54) is 4.68 Å². The lowest BCUT2D eigenvalue weighted by atomic mass is 9.85. The molecule has 0 radical (unpaired) electrons. The molecule has 1 aliphatic heterocycles. The molecule has 4 aromatic rings. The van der Waals surface area contributed by atoms with Crippen molar-refractivity contribution < 1.29 is 19.0 Å². The van der Waals surface area contributed by atoms with Gasteiger partial charge in [0.1, 0.15) is 18.2 Å². The van der Waals surface area contributed by atoms with Crippen molar-refractivity contribution in [2.75, 3.05) is 26.1 Å². The van der Waals surface area contributed by atoms with Gasteiger partial charge in [-0.05, 0) is 36.8 Å². The topological polar surface area (TPSA) is 113 Å². The number of terminal acetylenes is 1. The van der Waals surface area contributed by atoms with E-state index in [0.29, 0.717) is 28.8 Å². The zero-order valence-corrected chi connectivity index (χ0v) is 20.6. The molecule has 37 heavy (non-hydrogen) atoms. The van der Waals surface area contributed by atoms with Crippen molar-refractivity contribution in [3.63, 3.8) is 0 Å². The second kappa shape index (κ2) is 9.99. The van der Waals surface area contributed by atoms with Gasteiger partial charge >= 0.3 is 0 Å². The lowest BCUT2D eigenvalue weighted by Crippen LogP contribution is -2.25. The second-order valence-corrected chi connectivity index (χ2v) is 8.34. The van der Waals surface area contributed by atoms with Crippen LogP contribution in [0.3, 0.4) is 0 Å². The molecule has 10 heteroatoms. The maximum Gasteiger partial charge on any atom is 0.272 e. The number of carbonyl (C=O) groups excluding carboxylic acids is 1. The van der Waals surface area contributed by atoms with Gasteiger partial charge in [0.05, 0.1) is 31.8 Å². The summed E-state index contributed by atoms with van der Waals surface area (Å²) in [6, 6.07) is 13.0. The monoisotopic (exact) mass is 496 g/mol. The number of hydrogen-bond donors (Lipinski definition) is 1. The van der Waals surface area contributed by atoms with Crippen LogP contribution in [-0.4, -0.2) is 51.7 Å². The van der Waals surface area contributed by atoms with E-state index in [1.54, 1.807) is 26.5 Å². The van der Waals surface area contributed by atoms with E-state index in [1.807, 2.05) is 43.3 Å². The van der Waals surface area contributed by atoms with Crippen molar-refractivity contribution >= 4 is 11.7 Å². The lowest BCUT2D eigenvalue weighted by Gasteiger charge is -2.24. The first-order chi connectivity index (χ1) is 18.0. The van der Waals surface area contributed by atoms with Crippen molar-refractivity contribution in [2.45, 2.75) is 19.3 Å². The molecule has 3 heterocycles. The minimum atomic E-state index is -0.261. The van der Waals surface area contributed by atoms with Crippen LogP contribution < -0.4 is 19.5 Å². The van der Waals surface area contributed by atoms with Crippen LogP contribution in [0.4, 0.5) is 5.82 Å². The molecule has 1 unspecified atom stereocenters. The van der Waals surface area contributed by atoms with Crippen LogP contribution >= 0.6 is 0 Å². The van der Waals surface area contributed by atoms with E-state index in [0.717, 1.165) is 22.4 Å². The largest absolute Gasteiger partial charge is 0.497 e. The van der Waals surface area contributed by atoms with Crippen molar-refractivity contribution in [1.29, 1.82) is 0 Å². The number of ether oxygens (including phenoxy) is 3. The molecule has 1 atom stereocenters. The normalized spacial score (nSPS) is 14.3. The first kappa shape index (κ1) is 23.8. The zero-order chi connectivity index (χ0) is 25.9. The number of anilines is 1. The number of methoxy groups -OCH3 is 2. The van der Waals surface area contributed by atoms with Crippen molar-refractivity contribution in [3.8, 4) is 46.8 Å². The fourth-order valence-corrected chi connectivity index (χ4v) is 4.42.